The molecule has 0 bridgehead atoms. The highest BCUT2D eigenvalue weighted by Crippen LogP contribution is 2.21. The molecular weight excluding hydrogens is 366 g/mol. The number of rotatable bonds is 5. The Morgan fingerprint density at radius 1 is 1.09 bits per heavy atom. The molecule has 0 saturated heterocycles. The minimum atomic E-state index is -0.860. The van der Waals surface area contributed by atoms with Crippen LogP contribution < -0.4 is 5.73 Å². The molecular formula is C16H16BrNO5. The maximum absolute atomic E-state index is 12.7. The summed E-state index contributed by atoms with van der Waals surface area (Å²) in [5, 5.41) is 0. The van der Waals surface area contributed by atoms with Gasteiger partial charge in [-0.3, -0.25) is 4.79 Å². The van der Waals surface area contributed by atoms with Gasteiger partial charge in [0.1, 0.15) is 0 Å². The number of carbonyl (C=O) groups excluding carboxylic acids is 3. The largest absolute Gasteiger partial charge is 0.466 e. The second kappa shape index (κ2) is 8.28. The van der Waals surface area contributed by atoms with Crippen molar-refractivity contribution < 1.29 is 23.9 Å². The van der Waals surface area contributed by atoms with E-state index in [0.717, 1.165) is 24.8 Å². The SMILES string of the molecule is COC(=O)/C=C(C(=O)OC)\C(C(=O)c1ccc(Br)cc1)=C(/C)N. The molecule has 0 spiro atoms. The van der Waals surface area contributed by atoms with Crippen LogP contribution in [0.25, 0.3) is 0 Å². The number of carbonyl (C=O) groups is 3. The summed E-state index contributed by atoms with van der Waals surface area (Å²) in [7, 11) is 2.30. The molecule has 1 rings (SSSR count). The van der Waals surface area contributed by atoms with Gasteiger partial charge in [0.15, 0.2) is 5.78 Å². The standard InChI is InChI=1S/C16H16BrNO5/c1-9(18)14(12(16(21)23-3)8-13(19)22-2)15(20)10-4-6-11(17)7-5-10/h4-8H,18H2,1-3H3/b12-8+,14-9-. The van der Waals surface area contributed by atoms with E-state index in [-0.39, 0.29) is 16.8 Å². The predicted octanol–water partition coefficient (Wildman–Crippen LogP) is 2.14. The van der Waals surface area contributed by atoms with Crippen LogP contribution in [-0.2, 0) is 19.1 Å². The molecule has 23 heavy (non-hydrogen) atoms. The van der Waals surface area contributed by atoms with Crippen molar-refractivity contribution in [1.82, 2.24) is 0 Å². The number of ketones is 1. The zero-order valence-corrected chi connectivity index (χ0v) is 14.5. The fourth-order valence-electron chi connectivity index (χ4n) is 1.78. The highest BCUT2D eigenvalue weighted by atomic mass is 79.9. The average Bonchev–Trinajstić information content (AvgIpc) is 2.53. The molecule has 0 aliphatic heterocycles. The predicted molar refractivity (Wildman–Crippen MR) is 87.5 cm³/mol. The van der Waals surface area contributed by atoms with Gasteiger partial charge in [-0.1, -0.05) is 15.9 Å². The summed E-state index contributed by atoms with van der Waals surface area (Å²) in [6.45, 7) is 1.46. The van der Waals surface area contributed by atoms with E-state index in [4.69, 9.17) is 5.73 Å². The number of ether oxygens (including phenoxy) is 2. The molecule has 0 heterocycles. The van der Waals surface area contributed by atoms with Crippen LogP contribution >= 0.6 is 15.9 Å². The first-order valence-corrected chi connectivity index (χ1v) is 7.26. The molecule has 0 unspecified atom stereocenters. The molecule has 0 atom stereocenters. The van der Waals surface area contributed by atoms with Gasteiger partial charge in [0.05, 0.1) is 25.4 Å². The van der Waals surface area contributed by atoms with Crippen LogP contribution in [0.1, 0.15) is 17.3 Å². The summed E-state index contributed by atoms with van der Waals surface area (Å²) in [5.41, 5.74) is 5.79. The van der Waals surface area contributed by atoms with Crippen molar-refractivity contribution in [3.05, 3.63) is 57.2 Å². The molecule has 0 fully saturated rings. The van der Waals surface area contributed by atoms with E-state index in [0.29, 0.717) is 5.56 Å². The van der Waals surface area contributed by atoms with E-state index in [1.807, 2.05) is 0 Å². The van der Waals surface area contributed by atoms with Crippen LogP contribution in [-0.4, -0.2) is 31.9 Å². The van der Waals surface area contributed by atoms with Crippen molar-refractivity contribution in [2.24, 2.45) is 5.73 Å². The van der Waals surface area contributed by atoms with Crippen molar-refractivity contribution in [3.63, 3.8) is 0 Å². The Morgan fingerprint density at radius 3 is 2.09 bits per heavy atom. The third kappa shape index (κ3) is 4.79. The van der Waals surface area contributed by atoms with E-state index in [1.165, 1.54) is 6.92 Å². The van der Waals surface area contributed by atoms with Gasteiger partial charge in [0, 0.05) is 21.8 Å². The highest BCUT2D eigenvalue weighted by Gasteiger charge is 2.25. The molecule has 0 saturated carbocycles. The number of allylic oxidation sites excluding steroid dienone is 1. The Bertz CT molecular complexity index is 685. The number of benzene rings is 1. The van der Waals surface area contributed by atoms with Gasteiger partial charge in [-0.15, -0.1) is 0 Å². The van der Waals surface area contributed by atoms with Crippen LogP contribution in [0.5, 0.6) is 0 Å². The van der Waals surface area contributed by atoms with E-state index < -0.39 is 17.7 Å². The summed E-state index contributed by atoms with van der Waals surface area (Å²) >= 11 is 3.27. The molecule has 0 radical (unpaired) electrons. The molecule has 6 nitrogen and oxygen atoms in total. The number of methoxy groups -OCH3 is 2. The number of Topliss-reactive ketones (excluding diaryl/α,β-unsaturated/α-hetero) is 1. The topological polar surface area (TPSA) is 95.7 Å². The van der Waals surface area contributed by atoms with Gasteiger partial charge in [-0.2, -0.15) is 0 Å². The summed E-state index contributed by atoms with van der Waals surface area (Å²) in [6, 6.07) is 6.50. The number of esters is 2. The molecule has 0 amide bonds. The normalized spacial score (nSPS) is 12.3. The minimum absolute atomic E-state index is 0.0819. The third-order valence-corrected chi connectivity index (χ3v) is 3.39. The molecule has 0 aromatic heterocycles. The van der Waals surface area contributed by atoms with Crippen molar-refractivity contribution >= 4 is 33.7 Å². The zero-order valence-electron chi connectivity index (χ0n) is 12.9. The fraction of sp³-hybridized carbons (Fsp3) is 0.188. The number of hydrogen-bond acceptors (Lipinski definition) is 6. The maximum atomic E-state index is 12.7. The molecule has 122 valence electrons. The van der Waals surface area contributed by atoms with Gasteiger partial charge in [0.25, 0.3) is 0 Å². The van der Waals surface area contributed by atoms with Crippen LogP contribution in [0.15, 0.2) is 51.7 Å². The van der Waals surface area contributed by atoms with Gasteiger partial charge >= 0.3 is 11.9 Å². The minimum Gasteiger partial charge on any atom is -0.466 e. The first kappa shape index (κ1) is 18.6. The zero-order chi connectivity index (χ0) is 17.6. The molecule has 1 aromatic carbocycles. The van der Waals surface area contributed by atoms with Gasteiger partial charge in [-0.05, 0) is 31.2 Å². The van der Waals surface area contributed by atoms with E-state index >= 15 is 0 Å². The van der Waals surface area contributed by atoms with Crippen molar-refractivity contribution in [2.45, 2.75) is 6.92 Å². The van der Waals surface area contributed by atoms with Crippen LogP contribution in [0.4, 0.5) is 0 Å². The van der Waals surface area contributed by atoms with Crippen molar-refractivity contribution in [1.29, 1.82) is 0 Å². The second-order valence-corrected chi connectivity index (χ2v) is 5.38. The summed E-state index contributed by atoms with van der Waals surface area (Å²) in [4.78, 5) is 36.1. The number of hydrogen-bond donors (Lipinski definition) is 1. The summed E-state index contributed by atoms with van der Waals surface area (Å²) in [6.07, 6.45) is 0.883. The Kier molecular flexibility index (Phi) is 6.71. The quantitative estimate of drug-likeness (QED) is 0.363. The fourth-order valence-corrected chi connectivity index (χ4v) is 2.04. The van der Waals surface area contributed by atoms with Crippen LogP contribution in [0, 0.1) is 0 Å². The van der Waals surface area contributed by atoms with E-state index in [1.54, 1.807) is 24.3 Å². The molecule has 1 aromatic rings. The highest BCUT2D eigenvalue weighted by molar-refractivity contribution is 9.10. The lowest BCUT2D eigenvalue weighted by Gasteiger charge is -2.12. The lowest BCUT2D eigenvalue weighted by Crippen LogP contribution is -2.19. The smallest absolute Gasteiger partial charge is 0.338 e. The maximum Gasteiger partial charge on any atom is 0.338 e. The molecule has 0 aliphatic rings. The lowest BCUT2D eigenvalue weighted by atomic mass is 9.94. The van der Waals surface area contributed by atoms with Crippen molar-refractivity contribution in [2.75, 3.05) is 14.2 Å². The number of halogens is 1. The molecule has 7 heteroatoms. The first-order valence-electron chi connectivity index (χ1n) is 6.46. The monoisotopic (exact) mass is 381 g/mol. The summed E-state index contributed by atoms with van der Waals surface area (Å²) in [5.74, 6) is -2.16. The first-order chi connectivity index (χ1) is 10.8. The molecule has 0 aliphatic carbocycles. The van der Waals surface area contributed by atoms with Crippen LogP contribution in [0.3, 0.4) is 0 Å². The molecule has 2 N–H and O–H groups in total. The Balaban J connectivity index is 3.43. The van der Waals surface area contributed by atoms with Gasteiger partial charge in [-0.25, -0.2) is 9.59 Å². The third-order valence-electron chi connectivity index (χ3n) is 2.87. The lowest BCUT2D eigenvalue weighted by molar-refractivity contribution is -0.138. The van der Waals surface area contributed by atoms with Crippen molar-refractivity contribution in [3.8, 4) is 0 Å². The average molecular weight is 382 g/mol. The Morgan fingerprint density at radius 2 is 1.65 bits per heavy atom. The second-order valence-electron chi connectivity index (χ2n) is 4.47. The van der Waals surface area contributed by atoms with E-state index in [9.17, 15) is 14.4 Å². The van der Waals surface area contributed by atoms with E-state index in [2.05, 4.69) is 25.4 Å². The number of nitrogens with two attached hydrogens (primary N) is 1. The van der Waals surface area contributed by atoms with Crippen LogP contribution in [0.2, 0.25) is 0 Å². The van der Waals surface area contributed by atoms with Gasteiger partial charge < -0.3 is 15.2 Å². The Labute approximate surface area is 142 Å². The summed E-state index contributed by atoms with van der Waals surface area (Å²) < 4.78 is 9.93. The Hall–Kier alpha value is -2.41. The van der Waals surface area contributed by atoms with Gasteiger partial charge in [0.2, 0.25) is 0 Å².